The number of hydrogen-bond acceptors (Lipinski definition) is 4. The SMILES string of the molecule is O=C(COc1cccc(C(F)(F)F)c1)Nc1cnccc1CO. The van der Waals surface area contributed by atoms with Gasteiger partial charge in [0.25, 0.3) is 5.91 Å². The van der Waals surface area contributed by atoms with Crippen molar-refractivity contribution in [3.63, 3.8) is 0 Å². The lowest BCUT2D eigenvalue weighted by atomic mass is 10.2. The van der Waals surface area contributed by atoms with Crippen molar-refractivity contribution in [1.82, 2.24) is 4.98 Å². The molecule has 23 heavy (non-hydrogen) atoms. The summed E-state index contributed by atoms with van der Waals surface area (Å²) >= 11 is 0. The molecule has 0 aliphatic heterocycles. The molecule has 1 amide bonds. The molecular weight excluding hydrogens is 313 g/mol. The zero-order chi connectivity index (χ0) is 16.9. The van der Waals surface area contributed by atoms with E-state index in [9.17, 15) is 18.0 Å². The van der Waals surface area contributed by atoms with Gasteiger partial charge >= 0.3 is 6.18 Å². The van der Waals surface area contributed by atoms with E-state index in [4.69, 9.17) is 9.84 Å². The van der Waals surface area contributed by atoms with Crippen molar-refractivity contribution in [1.29, 1.82) is 0 Å². The molecule has 2 rings (SSSR count). The molecule has 0 bridgehead atoms. The van der Waals surface area contributed by atoms with E-state index in [0.717, 1.165) is 12.1 Å². The number of pyridine rings is 1. The van der Waals surface area contributed by atoms with Gasteiger partial charge in [0.15, 0.2) is 6.61 Å². The summed E-state index contributed by atoms with van der Waals surface area (Å²) in [5, 5.41) is 11.6. The van der Waals surface area contributed by atoms with Gasteiger partial charge in [-0.3, -0.25) is 9.78 Å². The summed E-state index contributed by atoms with van der Waals surface area (Å²) in [7, 11) is 0. The molecule has 0 atom stereocenters. The second-order valence-electron chi connectivity index (χ2n) is 4.55. The number of aromatic nitrogens is 1. The zero-order valence-electron chi connectivity index (χ0n) is 11.8. The lowest BCUT2D eigenvalue weighted by Gasteiger charge is -2.11. The molecule has 1 aromatic heterocycles. The highest BCUT2D eigenvalue weighted by atomic mass is 19.4. The number of carbonyl (C=O) groups excluding carboxylic acids is 1. The molecule has 0 fully saturated rings. The van der Waals surface area contributed by atoms with E-state index < -0.39 is 24.3 Å². The quantitative estimate of drug-likeness (QED) is 0.886. The average molecular weight is 326 g/mol. The number of aliphatic hydroxyl groups is 1. The van der Waals surface area contributed by atoms with Crippen LogP contribution in [0, 0.1) is 0 Å². The molecule has 122 valence electrons. The van der Waals surface area contributed by atoms with E-state index in [1.807, 2.05) is 0 Å². The Kier molecular flexibility index (Phi) is 5.17. The second kappa shape index (κ2) is 7.10. The number of rotatable bonds is 5. The van der Waals surface area contributed by atoms with Crippen LogP contribution in [0.15, 0.2) is 42.7 Å². The second-order valence-corrected chi connectivity index (χ2v) is 4.55. The molecule has 0 spiro atoms. The fraction of sp³-hybridized carbons (Fsp3) is 0.200. The highest BCUT2D eigenvalue weighted by Crippen LogP contribution is 2.31. The van der Waals surface area contributed by atoms with Crippen LogP contribution in [0.5, 0.6) is 5.75 Å². The first-order valence-corrected chi connectivity index (χ1v) is 6.54. The Bertz CT molecular complexity index is 690. The van der Waals surface area contributed by atoms with E-state index in [-0.39, 0.29) is 12.4 Å². The van der Waals surface area contributed by atoms with Gasteiger partial charge in [0.05, 0.1) is 24.1 Å². The Morgan fingerprint density at radius 1 is 1.30 bits per heavy atom. The molecule has 5 nitrogen and oxygen atoms in total. The van der Waals surface area contributed by atoms with Crippen LogP contribution in [-0.2, 0) is 17.6 Å². The molecule has 2 N–H and O–H groups in total. The minimum Gasteiger partial charge on any atom is -0.484 e. The number of nitrogens with zero attached hydrogens (tertiary/aromatic N) is 1. The first-order valence-electron chi connectivity index (χ1n) is 6.54. The number of nitrogens with one attached hydrogen (secondary N) is 1. The van der Waals surface area contributed by atoms with Crippen LogP contribution in [-0.4, -0.2) is 22.6 Å². The summed E-state index contributed by atoms with van der Waals surface area (Å²) in [6.07, 6.45) is -1.67. The number of amides is 1. The first-order chi connectivity index (χ1) is 10.9. The molecule has 0 unspecified atom stereocenters. The third-order valence-corrected chi connectivity index (χ3v) is 2.89. The zero-order valence-corrected chi connectivity index (χ0v) is 11.8. The van der Waals surface area contributed by atoms with Crippen LogP contribution in [0.1, 0.15) is 11.1 Å². The number of hydrogen-bond donors (Lipinski definition) is 2. The summed E-state index contributed by atoms with van der Waals surface area (Å²) in [6.45, 7) is -0.756. The number of carbonyl (C=O) groups is 1. The minimum absolute atomic E-state index is 0.0662. The van der Waals surface area contributed by atoms with Crippen molar-refractivity contribution < 1.29 is 27.8 Å². The number of ether oxygens (including phenoxy) is 1. The third kappa shape index (κ3) is 4.68. The van der Waals surface area contributed by atoms with Crippen LogP contribution in [0.2, 0.25) is 0 Å². The Morgan fingerprint density at radius 2 is 2.09 bits per heavy atom. The fourth-order valence-electron chi connectivity index (χ4n) is 1.77. The van der Waals surface area contributed by atoms with Crippen molar-refractivity contribution >= 4 is 11.6 Å². The van der Waals surface area contributed by atoms with Gasteiger partial charge in [-0.05, 0) is 24.3 Å². The van der Waals surface area contributed by atoms with Gasteiger partial charge in [0, 0.05) is 11.8 Å². The molecule has 1 aromatic carbocycles. The van der Waals surface area contributed by atoms with Crippen LogP contribution in [0.3, 0.4) is 0 Å². The minimum atomic E-state index is -4.48. The highest BCUT2D eigenvalue weighted by molar-refractivity contribution is 5.92. The first kappa shape index (κ1) is 16.8. The number of benzene rings is 1. The fourth-order valence-corrected chi connectivity index (χ4v) is 1.77. The van der Waals surface area contributed by atoms with Crippen molar-refractivity contribution in [2.45, 2.75) is 12.8 Å². The number of halogens is 3. The summed E-state index contributed by atoms with van der Waals surface area (Å²) in [4.78, 5) is 15.6. The Morgan fingerprint density at radius 3 is 2.78 bits per heavy atom. The Labute approximate surface area is 129 Å². The maximum absolute atomic E-state index is 12.6. The van der Waals surface area contributed by atoms with Gasteiger partial charge in [0.2, 0.25) is 0 Å². The van der Waals surface area contributed by atoms with Gasteiger partial charge in [0.1, 0.15) is 5.75 Å². The van der Waals surface area contributed by atoms with Gasteiger partial charge in [-0.15, -0.1) is 0 Å². The predicted octanol–water partition coefficient (Wildman–Crippen LogP) is 2.61. The van der Waals surface area contributed by atoms with Crippen LogP contribution >= 0.6 is 0 Å². The lowest BCUT2D eigenvalue weighted by molar-refractivity contribution is -0.137. The average Bonchev–Trinajstić information content (AvgIpc) is 2.53. The van der Waals surface area contributed by atoms with Crippen molar-refractivity contribution in [3.05, 3.63) is 53.9 Å². The largest absolute Gasteiger partial charge is 0.484 e. The molecular formula is C15H13F3N2O3. The van der Waals surface area contributed by atoms with Crippen LogP contribution < -0.4 is 10.1 Å². The van der Waals surface area contributed by atoms with E-state index in [1.54, 1.807) is 0 Å². The summed E-state index contributed by atoms with van der Waals surface area (Å²) in [5.41, 5.74) is -0.0784. The Balaban J connectivity index is 1.97. The predicted molar refractivity (Wildman–Crippen MR) is 75.7 cm³/mol. The molecule has 0 radical (unpaired) electrons. The maximum Gasteiger partial charge on any atom is 0.416 e. The maximum atomic E-state index is 12.6. The molecule has 0 saturated heterocycles. The molecule has 0 aliphatic rings. The molecule has 1 heterocycles. The normalized spacial score (nSPS) is 11.1. The lowest BCUT2D eigenvalue weighted by Crippen LogP contribution is -2.21. The summed E-state index contributed by atoms with van der Waals surface area (Å²) < 4.78 is 42.8. The van der Waals surface area contributed by atoms with E-state index in [2.05, 4.69) is 10.3 Å². The molecule has 0 saturated carbocycles. The van der Waals surface area contributed by atoms with Crippen LogP contribution in [0.4, 0.5) is 18.9 Å². The van der Waals surface area contributed by atoms with Crippen molar-refractivity contribution in [3.8, 4) is 5.75 Å². The van der Waals surface area contributed by atoms with E-state index in [0.29, 0.717) is 11.3 Å². The topological polar surface area (TPSA) is 71.5 Å². The number of alkyl halides is 3. The Hall–Kier alpha value is -2.61. The van der Waals surface area contributed by atoms with Gasteiger partial charge in [-0.1, -0.05) is 6.07 Å². The van der Waals surface area contributed by atoms with Gasteiger partial charge in [-0.2, -0.15) is 13.2 Å². The van der Waals surface area contributed by atoms with Gasteiger partial charge < -0.3 is 15.2 Å². The van der Waals surface area contributed by atoms with Crippen LogP contribution in [0.25, 0.3) is 0 Å². The van der Waals surface area contributed by atoms with E-state index in [1.165, 1.54) is 30.6 Å². The molecule has 2 aromatic rings. The monoisotopic (exact) mass is 326 g/mol. The number of aliphatic hydroxyl groups excluding tert-OH is 1. The van der Waals surface area contributed by atoms with Crippen molar-refractivity contribution in [2.24, 2.45) is 0 Å². The van der Waals surface area contributed by atoms with Gasteiger partial charge in [-0.25, -0.2) is 0 Å². The smallest absolute Gasteiger partial charge is 0.416 e. The molecule has 8 heteroatoms. The van der Waals surface area contributed by atoms with E-state index >= 15 is 0 Å². The molecule has 0 aliphatic carbocycles. The summed E-state index contributed by atoms with van der Waals surface area (Å²) in [6, 6.07) is 5.78. The highest BCUT2D eigenvalue weighted by Gasteiger charge is 2.30. The third-order valence-electron chi connectivity index (χ3n) is 2.89. The standard InChI is InChI=1S/C15H13F3N2O3/c16-15(17,18)11-2-1-3-12(6-11)23-9-14(22)20-13-7-19-5-4-10(13)8-21/h1-7,21H,8-9H2,(H,20,22). The summed E-state index contributed by atoms with van der Waals surface area (Å²) in [5.74, 6) is -0.645. The number of anilines is 1. The van der Waals surface area contributed by atoms with Crippen molar-refractivity contribution in [2.75, 3.05) is 11.9 Å².